The standard InChI is InChI=1S/C14H18BrNO2/c1-14(2,3)18-13(17)16-12-8-11(12)9-4-6-10(15)7-5-9/h4-7,11-12H,8H2,1-3H3,(H,16,17)/t11-,12-/m0/s1. The van der Waals surface area contributed by atoms with Crippen LogP contribution in [0.15, 0.2) is 28.7 Å². The number of benzene rings is 1. The molecule has 1 aliphatic carbocycles. The minimum Gasteiger partial charge on any atom is -0.444 e. The Labute approximate surface area is 116 Å². The number of amides is 1. The smallest absolute Gasteiger partial charge is 0.407 e. The molecule has 98 valence electrons. The second kappa shape index (κ2) is 4.92. The lowest BCUT2D eigenvalue weighted by molar-refractivity contribution is 0.0523. The Morgan fingerprint density at radius 3 is 2.50 bits per heavy atom. The molecule has 1 aromatic rings. The van der Waals surface area contributed by atoms with Crippen molar-refractivity contribution in [1.29, 1.82) is 0 Å². The van der Waals surface area contributed by atoms with Crippen LogP contribution in [-0.4, -0.2) is 17.7 Å². The number of rotatable bonds is 2. The topological polar surface area (TPSA) is 38.3 Å². The molecule has 1 aromatic carbocycles. The molecule has 0 unspecified atom stereocenters. The SMILES string of the molecule is CC(C)(C)OC(=O)N[C@H]1C[C@H]1c1ccc(Br)cc1. The van der Waals surface area contributed by atoms with Gasteiger partial charge in [-0.05, 0) is 44.9 Å². The van der Waals surface area contributed by atoms with Crippen molar-refractivity contribution in [2.75, 3.05) is 0 Å². The van der Waals surface area contributed by atoms with Gasteiger partial charge in [-0.1, -0.05) is 28.1 Å². The van der Waals surface area contributed by atoms with Crippen LogP contribution in [0.5, 0.6) is 0 Å². The number of carbonyl (C=O) groups excluding carboxylic acids is 1. The summed E-state index contributed by atoms with van der Waals surface area (Å²) < 4.78 is 6.31. The number of alkyl carbamates (subject to hydrolysis) is 1. The minimum atomic E-state index is -0.438. The average Bonchev–Trinajstić information content (AvgIpc) is 2.95. The van der Waals surface area contributed by atoms with Gasteiger partial charge in [-0.3, -0.25) is 0 Å². The minimum absolute atomic E-state index is 0.209. The molecule has 2 atom stereocenters. The second-order valence-electron chi connectivity index (χ2n) is 5.65. The molecule has 1 saturated carbocycles. The van der Waals surface area contributed by atoms with E-state index in [4.69, 9.17) is 4.74 Å². The van der Waals surface area contributed by atoms with Gasteiger partial charge >= 0.3 is 6.09 Å². The third-order valence-electron chi connectivity index (χ3n) is 2.79. The molecule has 1 N–H and O–H groups in total. The second-order valence-corrected chi connectivity index (χ2v) is 6.56. The van der Waals surface area contributed by atoms with E-state index in [1.54, 1.807) is 0 Å². The third-order valence-corrected chi connectivity index (χ3v) is 3.32. The fourth-order valence-corrected chi connectivity index (χ4v) is 2.16. The van der Waals surface area contributed by atoms with Crippen LogP contribution in [0.3, 0.4) is 0 Å². The molecule has 1 aliphatic rings. The third kappa shape index (κ3) is 3.73. The number of ether oxygens (including phenoxy) is 1. The lowest BCUT2D eigenvalue weighted by Crippen LogP contribution is -2.34. The summed E-state index contributed by atoms with van der Waals surface area (Å²) in [5, 5.41) is 2.90. The van der Waals surface area contributed by atoms with Gasteiger partial charge in [0.05, 0.1) is 0 Å². The fourth-order valence-electron chi connectivity index (χ4n) is 1.89. The summed E-state index contributed by atoms with van der Waals surface area (Å²) in [6, 6.07) is 8.44. The van der Waals surface area contributed by atoms with Crippen LogP contribution in [0.2, 0.25) is 0 Å². The van der Waals surface area contributed by atoms with Crippen molar-refractivity contribution in [2.24, 2.45) is 0 Å². The summed E-state index contributed by atoms with van der Waals surface area (Å²) in [7, 11) is 0. The average molecular weight is 312 g/mol. The van der Waals surface area contributed by atoms with E-state index in [2.05, 4.69) is 33.4 Å². The predicted molar refractivity (Wildman–Crippen MR) is 74.7 cm³/mol. The van der Waals surface area contributed by atoms with E-state index in [1.807, 2.05) is 32.9 Å². The first kappa shape index (κ1) is 13.4. The van der Waals surface area contributed by atoms with Gasteiger partial charge in [0.15, 0.2) is 0 Å². The summed E-state index contributed by atoms with van der Waals surface area (Å²) >= 11 is 3.41. The van der Waals surface area contributed by atoms with Gasteiger partial charge < -0.3 is 10.1 Å². The molecule has 0 heterocycles. The van der Waals surface area contributed by atoms with Gasteiger partial charge in [0.2, 0.25) is 0 Å². The Hall–Kier alpha value is -1.03. The monoisotopic (exact) mass is 311 g/mol. The van der Waals surface area contributed by atoms with Crippen LogP contribution in [-0.2, 0) is 4.74 Å². The van der Waals surface area contributed by atoms with Gasteiger partial charge in [0, 0.05) is 16.4 Å². The highest BCUT2D eigenvalue weighted by Crippen LogP contribution is 2.41. The van der Waals surface area contributed by atoms with Crippen LogP contribution in [0, 0.1) is 0 Å². The highest BCUT2D eigenvalue weighted by atomic mass is 79.9. The molecule has 1 amide bonds. The van der Waals surface area contributed by atoms with Crippen LogP contribution < -0.4 is 5.32 Å². The molecule has 0 radical (unpaired) electrons. The molecular formula is C14H18BrNO2. The maximum atomic E-state index is 11.6. The van der Waals surface area contributed by atoms with Crippen molar-refractivity contribution in [1.82, 2.24) is 5.32 Å². The first-order valence-corrected chi connectivity index (χ1v) is 6.89. The van der Waals surface area contributed by atoms with E-state index in [1.165, 1.54) is 5.56 Å². The van der Waals surface area contributed by atoms with Crippen molar-refractivity contribution >= 4 is 22.0 Å². The fraction of sp³-hybridized carbons (Fsp3) is 0.500. The number of nitrogens with one attached hydrogen (secondary N) is 1. The van der Waals surface area contributed by atoms with Gasteiger partial charge in [0.25, 0.3) is 0 Å². The van der Waals surface area contributed by atoms with Gasteiger partial charge in [-0.25, -0.2) is 4.79 Å². The molecule has 2 rings (SSSR count). The molecule has 0 bridgehead atoms. The summed E-state index contributed by atoms with van der Waals surface area (Å²) in [5.41, 5.74) is 0.825. The van der Waals surface area contributed by atoms with Crippen molar-refractivity contribution in [3.8, 4) is 0 Å². The highest BCUT2D eigenvalue weighted by molar-refractivity contribution is 9.10. The summed E-state index contributed by atoms with van der Waals surface area (Å²) in [4.78, 5) is 11.6. The molecule has 0 aromatic heterocycles. The first-order chi connectivity index (χ1) is 8.35. The van der Waals surface area contributed by atoms with E-state index in [-0.39, 0.29) is 12.1 Å². The lowest BCUT2D eigenvalue weighted by atomic mass is 10.1. The molecule has 1 fully saturated rings. The quantitative estimate of drug-likeness (QED) is 0.901. The van der Waals surface area contributed by atoms with Crippen molar-refractivity contribution < 1.29 is 9.53 Å². The van der Waals surface area contributed by atoms with E-state index in [0.29, 0.717) is 5.92 Å². The molecule has 0 saturated heterocycles. The number of hydrogen-bond acceptors (Lipinski definition) is 2. The highest BCUT2D eigenvalue weighted by Gasteiger charge is 2.40. The Kier molecular flexibility index (Phi) is 3.66. The van der Waals surface area contributed by atoms with E-state index >= 15 is 0 Å². The first-order valence-electron chi connectivity index (χ1n) is 6.10. The Morgan fingerprint density at radius 2 is 1.94 bits per heavy atom. The molecule has 0 aliphatic heterocycles. The van der Waals surface area contributed by atoms with Gasteiger partial charge in [0.1, 0.15) is 5.60 Å². The molecule has 4 heteroatoms. The normalized spacial score (nSPS) is 22.4. The van der Waals surface area contributed by atoms with Crippen LogP contribution >= 0.6 is 15.9 Å². The van der Waals surface area contributed by atoms with Gasteiger partial charge in [-0.2, -0.15) is 0 Å². The van der Waals surface area contributed by atoms with Crippen molar-refractivity contribution in [3.63, 3.8) is 0 Å². The largest absolute Gasteiger partial charge is 0.444 e. The maximum Gasteiger partial charge on any atom is 0.407 e. The Bertz CT molecular complexity index is 436. The summed E-state index contributed by atoms with van der Waals surface area (Å²) in [6.07, 6.45) is 0.660. The zero-order valence-corrected chi connectivity index (χ0v) is 12.5. The van der Waals surface area contributed by atoms with Crippen LogP contribution in [0.1, 0.15) is 38.7 Å². The Balaban J connectivity index is 1.85. The van der Waals surface area contributed by atoms with Crippen molar-refractivity contribution in [3.05, 3.63) is 34.3 Å². The summed E-state index contributed by atoms with van der Waals surface area (Å²) in [5.74, 6) is 0.422. The van der Waals surface area contributed by atoms with Crippen LogP contribution in [0.4, 0.5) is 4.79 Å². The number of halogens is 1. The van der Waals surface area contributed by atoms with Crippen molar-refractivity contribution in [2.45, 2.75) is 44.8 Å². The van der Waals surface area contributed by atoms with E-state index < -0.39 is 5.60 Å². The lowest BCUT2D eigenvalue weighted by Gasteiger charge is -2.19. The van der Waals surface area contributed by atoms with Crippen LogP contribution in [0.25, 0.3) is 0 Å². The van der Waals surface area contributed by atoms with E-state index in [9.17, 15) is 4.79 Å². The van der Waals surface area contributed by atoms with Gasteiger partial charge in [-0.15, -0.1) is 0 Å². The number of carbonyl (C=O) groups is 1. The van der Waals surface area contributed by atoms with E-state index in [0.717, 1.165) is 10.9 Å². The number of hydrogen-bond donors (Lipinski definition) is 1. The molecule has 18 heavy (non-hydrogen) atoms. The summed E-state index contributed by atoms with van der Waals surface area (Å²) in [6.45, 7) is 5.60. The zero-order chi connectivity index (χ0) is 13.3. The molecule has 0 spiro atoms. The maximum absolute atomic E-state index is 11.6. The Morgan fingerprint density at radius 1 is 1.33 bits per heavy atom. The predicted octanol–water partition coefficient (Wildman–Crippen LogP) is 3.83. The molecular weight excluding hydrogens is 294 g/mol. The zero-order valence-electron chi connectivity index (χ0n) is 10.9. The molecule has 3 nitrogen and oxygen atoms in total.